The molecule has 3 aromatic rings. The van der Waals surface area contributed by atoms with Gasteiger partial charge in [-0.2, -0.15) is 9.68 Å². The number of hydrogen-bond acceptors (Lipinski definition) is 6. The number of azo groups is 1. The molecule has 0 radical (unpaired) electrons. The number of aromatic nitrogens is 3. The fourth-order valence-corrected chi connectivity index (χ4v) is 2.76. The SMILES string of the molecule is CCC(N=NCC(O)[n+]1cn(O)c2ccccc21)=NN=c1ccccn1CCO. The van der Waals surface area contributed by atoms with Gasteiger partial charge >= 0.3 is 0 Å². The highest BCUT2D eigenvalue weighted by Crippen LogP contribution is 2.10. The lowest BCUT2D eigenvalue weighted by molar-refractivity contribution is -0.735. The average molecular weight is 398 g/mol. The standard InChI is InChI=1S/C19H24N7O3/c1-2-17(22-23-18-9-5-6-10-24(18)11-12-27)21-20-13-19(28)25-14-26(29)16-8-4-3-7-15(16)25/h3-10,14,19,27-29H,2,11-13H2,1H3/q+1. The lowest BCUT2D eigenvalue weighted by Gasteiger charge is -2.03. The predicted molar refractivity (Wildman–Crippen MR) is 105 cm³/mol. The van der Waals surface area contributed by atoms with Gasteiger partial charge in [-0.25, -0.2) is 0 Å². The van der Waals surface area contributed by atoms with E-state index in [1.807, 2.05) is 31.3 Å². The van der Waals surface area contributed by atoms with E-state index in [0.29, 0.717) is 35.3 Å². The van der Waals surface area contributed by atoms with E-state index in [0.717, 1.165) is 4.73 Å². The summed E-state index contributed by atoms with van der Waals surface area (Å²) in [5.74, 6) is 0.409. The lowest BCUT2D eigenvalue weighted by atomic mass is 10.3. The minimum Gasteiger partial charge on any atom is -0.395 e. The summed E-state index contributed by atoms with van der Waals surface area (Å²) < 4.78 is 4.25. The van der Waals surface area contributed by atoms with Crippen LogP contribution in [0.25, 0.3) is 11.0 Å². The van der Waals surface area contributed by atoms with E-state index in [9.17, 15) is 10.3 Å². The third kappa shape index (κ3) is 4.92. The molecule has 0 spiro atoms. The van der Waals surface area contributed by atoms with Crippen LogP contribution in [0.2, 0.25) is 0 Å². The maximum absolute atomic E-state index is 10.4. The van der Waals surface area contributed by atoms with Gasteiger partial charge in [0.05, 0.1) is 6.61 Å². The Labute approximate surface area is 167 Å². The van der Waals surface area contributed by atoms with Crippen molar-refractivity contribution in [3.63, 3.8) is 0 Å². The number of fused-ring (bicyclic) bond motifs is 1. The lowest BCUT2D eigenvalue weighted by Crippen LogP contribution is -2.40. The van der Waals surface area contributed by atoms with Crippen LogP contribution in [-0.4, -0.2) is 43.7 Å². The van der Waals surface area contributed by atoms with Gasteiger partial charge in [0, 0.05) is 19.2 Å². The van der Waals surface area contributed by atoms with Crippen LogP contribution in [0.4, 0.5) is 0 Å². The van der Waals surface area contributed by atoms with Crippen LogP contribution in [0.15, 0.2) is 75.4 Å². The molecule has 2 heterocycles. The Balaban J connectivity index is 1.74. The molecule has 0 aliphatic heterocycles. The number of benzene rings is 1. The highest BCUT2D eigenvalue weighted by atomic mass is 16.5. The number of pyridine rings is 1. The van der Waals surface area contributed by atoms with Gasteiger partial charge < -0.3 is 20.0 Å². The maximum Gasteiger partial charge on any atom is 0.287 e. The van der Waals surface area contributed by atoms with Gasteiger partial charge in [-0.3, -0.25) is 0 Å². The number of rotatable bonds is 7. The van der Waals surface area contributed by atoms with Crippen molar-refractivity contribution in [2.45, 2.75) is 26.1 Å². The topological polar surface area (TPSA) is 124 Å². The second kappa shape index (κ2) is 9.71. The fraction of sp³-hybridized carbons (Fsp3) is 0.316. The van der Waals surface area contributed by atoms with E-state index in [-0.39, 0.29) is 13.2 Å². The van der Waals surface area contributed by atoms with Crippen LogP contribution in [0, 0.1) is 0 Å². The quantitative estimate of drug-likeness (QED) is 0.138. The van der Waals surface area contributed by atoms with E-state index >= 15 is 0 Å². The summed E-state index contributed by atoms with van der Waals surface area (Å²) in [6.45, 7) is 2.29. The summed E-state index contributed by atoms with van der Waals surface area (Å²) in [6.07, 6.45) is 2.72. The molecule has 3 N–H and O–H groups in total. The molecule has 2 aromatic heterocycles. The van der Waals surface area contributed by atoms with E-state index in [4.69, 9.17) is 5.11 Å². The van der Waals surface area contributed by atoms with Gasteiger partial charge in [0.15, 0.2) is 16.8 Å². The second-order valence-electron chi connectivity index (χ2n) is 6.21. The number of aliphatic hydroxyl groups is 2. The summed E-state index contributed by atoms with van der Waals surface area (Å²) >= 11 is 0. The van der Waals surface area contributed by atoms with Gasteiger partial charge in [-0.05, 0) is 29.0 Å². The zero-order valence-corrected chi connectivity index (χ0v) is 16.1. The first kappa shape index (κ1) is 20.4. The highest BCUT2D eigenvalue weighted by molar-refractivity contribution is 5.81. The molecule has 10 heteroatoms. The van der Waals surface area contributed by atoms with Crippen molar-refractivity contribution in [3.05, 3.63) is 60.5 Å². The average Bonchev–Trinajstić information content (AvgIpc) is 3.08. The third-order valence-corrected chi connectivity index (χ3v) is 4.23. The van der Waals surface area contributed by atoms with Crippen molar-refractivity contribution >= 4 is 16.9 Å². The Morgan fingerprint density at radius 2 is 1.97 bits per heavy atom. The molecule has 0 aliphatic rings. The number of aliphatic hydroxyl groups excluding tert-OH is 2. The normalized spacial score (nSPS) is 14.2. The summed E-state index contributed by atoms with van der Waals surface area (Å²) in [5.41, 5.74) is 1.85. The van der Waals surface area contributed by atoms with Gasteiger partial charge in [-0.15, -0.1) is 15.3 Å². The second-order valence-corrected chi connectivity index (χ2v) is 6.21. The molecule has 0 fully saturated rings. The first-order chi connectivity index (χ1) is 14.1. The molecule has 0 amide bonds. The van der Waals surface area contributed by atoms with E-state index < -0.39 is 6.23 Å². The first-order valence-electron chi connectivity index (χ1n) is 9.27. The van der Waals surface area contributed by atoms with Crippen LogP contribution in [0.1, 0.15) is 19.6 Å². The van der Waals surface area contributed by atoms with E-state index in [1.54, 1.807) is 28.8 Å². The summed E-state index contributed by atoms with van der Waals surface area (Å²) in [4.78, 5) is 0. The Kier molecular flexibility index (Phi) is 6.82. The van der Waals surface area contributed by atoms with Crippen LogP contribution in [-0.2, 0) is 6.54 Å². The van der Waals surface area contributed by atoms with Gasteiger partial charge in [0.2, 0.25) is 11.7 Å². The Morgan fingerprint density at radius 1 is 1.17 bits per heavy atom. The summed E-state index contributed by atoms with van der Waals surface area (Å²) in [5, 5.41) is 45.9. The Hall–Kier alpha value is -3.37. The van der Waals surface area contributed by atoms with Gasteiger partial charge in [0.25, 0.3) is 6.33 Å². The molecule has 0 bridgehead atoms. The van der Waals surface area contributed by atoms with Crippen LogP contribution in [0.3, 0.4) is 0 Å². The molecule has 0 aliphatic carbocycles. The minimum absolute atomic E-state index is 0.00105. The predicted octanol–water partition coefficient (Wildman–Crippen LogP) is 1.23. The van der Waals surface area contributed by atoms with Gasteiger partial charge in [0.1, 0.15) is 6.54 Å². The molecule has 3 rings (SSSR count). The monoisotopic (exact) mass is 398 g/mol. The Bertz CT molecular complexity index is 1080. The van der Waals surface area contributed by atoms with Crippen molar-refractivity contribution < 1.29 is 20.0 Å². The highest BCUT2D eigenvalue weighted by Gasteiger charge is 2.20. The number of para-hydroxylation sites is 2. The molecule has 0 saturated heterocycles. The van der Waals surface area contributed by atoms with Crippen molar-refractivity contribution in [3.8, 4) is 0 Å². The van der Waals surface area contributed by atoms with E-state index in [1.165, 1.54) is 10.9 Å². The zero-order chi connectivity index (χ0) is 20.6. The Morgan fingerprint density at radius 3 is 2.76 bits per heavy atom. The van der Waals surface area contributed by atoms with Crippen LogP contribution < -0.4 is 10.1 Å². The molecule has 29 heavy (non-hydrogen) atoms. The molecular weight excluding hydrogens is 374 g/mol. The fourth-order valence-electron chi connectivity index (χ4n) is 2.76. The minimum atomic E-state index is -0.993. The molecule has 1 aromatic carbocycles. The van der Waals surface area contributed by atoms with Crippen molar-refractivity contribution in [2.24, 2.45) is 20.4 Å². The number of hydrogen-bond donors (Lipinski definition) is 3. The van der Waals surface area contributed by atoms with Crippen molar-refractivity contribution in [1.82, 2.24) is 9.30 Å². The van der Waals surface area contributed by atoms with E-state index in [2.05, 4.69) is 20.4 Å². The largest absolute Gasteiger partial charge is 0.395 e. The first-order valence-corrected chi connectivity index (χ1v) is 9.27. The van der Waals surface area contributed by atoms with Gasteiger partial charge in [-0.1, -0.05) is 25.1 Å². The summed E-state index contributed by atoms with van der Waals surface area (Å²) in [7, 11) is 0. The summed E-state index contributed by atoms with van der Waals surface area (Å²) in [6, 6.07) is 12.6. The maximum atomic E-state index is 10.4. The number of imidazole rings is 1. The number of nitrogens with zero attached hydrogens (tertiary/aromatic N) is 7. The van der Waals surface area contributed by atoms with Crippen LogP contribution >= 0.6 is 0 Å². The molecule has 152 valence electrons. The molecule has 1 atom stereocenters. The smallest absolute Gasteiger partial charge is 0.287 e. The molecule has 0 saturated carbocycles. The molecule has 1 unspecified atom stereocenters. The zero-order valence-electron chi connectivity index (χ0n) is 16.1. The van der Waals surface area contributed by atoms with Crippen molar-refractivity contribution in [2.75, 3.05) is 13.2 Å². The molecule has 10 nitrogen and oxygen atoms in total. The third-order valence-electron chi connectivity index (χ3n) is 4.23. The molecular formula is C19H24N7O3+. The van der Waals surface area contributed by atoms with Crippen molar-refractivity contribution in [1.29, 1.82) is 0 Å². The number of amidine groups is 1. The van der Waals surface area contributed by atoms with Crippen LogP contribution in [0.5, 0.6) is 0 Å².